The fourth-order valence-electron chi connectivity index (χ4n) is 5.03. The molecule has 2 heterocycles. The number of anilines is 1. The highest BCUT2D eigenvalue weighted by atomic mass is 35.5. The lowest BCUT2D eigenvalue weighted by Crippen LogP contribution is -2.39. The number of likely N-dealkylation sites (tertiary alicyclic amines) is 1. The molecule has 0 saturated carbocycles. The van der Waals surface area contributed by atoms with Gasteiger partial charge >= 0.3 is 0 Å². The molecule has 1 fully saturated rings. The van der Waals surface area contributed by atoms with Crippen LogP contribution < -0.4 is 4.90 Å². The Balaban J connectivity index is 1.47. The monoisotopic (exact) mass is 510 g/mol. The van der Waals surface area contributed by atoms with Crippen molar-refractivity contribution in [1.82, 2.24) is 9.80 Å². The summed E-state index contributed by atoms with van der Waals surface area (Å²) < 4.78 is 13.2. The van der Waals surface area contributed by atoms with Crippen molar-refractivity contribution < 1.29 is 18.8 Å². The van der Waals surface area contributed by atoms with E-state index in [-0.39, 0.29) is 18.3 Å². The van der Waals surface area contributed by atoms with E-state index >= 15 is 0 Å². The molecule has 2 aliphatic rings. The number of piperidine rings is 1. The summed E-state index contributed by atoms with van der Waals surface area (Å²) >= 11 is 6.52. The van der Waals surface area contributed by atoms with Crippen LogP contribution in [0.2, 0.25) is 5.02 Å². The van der Waals surface area contributed by atoms with Crippen molar-refractivity contribution in [3.05, 3.63) is 63.9 Å². The number of nitrogens with zero attached hydrogens (tertiary/aromatic N) is 4. The zero-order valence-corrected chi connectivity index (χ0v) is 21.1. The van der Waals surface area contributed by atoms with Crippen LogP contribution in [-0.2, 0) is 16.0 Å². The van der Waals surface area contributed by atoms with Crippen molar-refractivity contribution in [1.29, 1.82) is 5.26 Å². The number of benzene rings is 2. The Morgan fingerprint density at radius 2 is 1.83 bits per heavy atom. The van der Waals surface area contributed by atoms with E-state index in [1.54, 1.807) is 36.2 Å². The number of nitriles is 1. The maximum absolute atomic E-state index is 13.4. The lowest BCUT2D eigenvalue weighted by atomic mass is 9.89. The predicted molar refractivity (Wildman–Crippen MR) is 134 cm³/mol. The topological polar surface area (TPSA) is 84.7 Å². The molecule has 2 amide bonds. The second kappa shape index (κ2) is 10.7. The van der Waals surface area contributed by atoms with Gasteiger partial charge in [-0.05, 0) is 60.6 Å². The van der Waals surface area contributed by atoms with Gasteiger partial charge in [-0.2, -0.15) is 5.26 Å². The molecule has 0 bridgehead atoms. The first kappa shape index (κ1) is 25.6. The maximum Gasteiger partial charge on any atom is 0.291 e. The van der Waals surface area contributed by atoms with Gasteiger partial charge in [0.15, 0.2) is 0 Å². The first-order valence-electron chi connectivity index (χ1n) is 11.9. The van der Waals surface area contributed by atoms with Gasteiger partial charge in [0.2, 0.25) is 5.78 Å². The van der Waals surface area contributed by atoms with Crippen molar-refractivity contribution in [3.63, 3.8) is 0 Å². The lowest BCUT2D eigenvalue weighted by Gasteiger charge is -2.32. The first-order chi connectivity index (χ1) is 17.2. The van der Waals surface area contributed by atoms with Crippen LogP contribution in [0.15, 0.2) is 36.4 Å². The summed E-state index contributed by atoms with van der Waals surface area (Å²) in [6, 6.07) is 11.7. The summed E-state index contributed by atoms with van der Waals surface area (Å²) in [6.45, 7) is 1.28. The Kier molecular flexibility index (Phi) is 7.60. The molecule has 1 saturated heterocycles. The Morgan fingerprint density at radius 3 is 2.47 bits per heavy atom. The zero-order chi connectivity index (χ0) is 26.0. The minimum absolute atomic E-state index is 0.179. The van der Waals surface area contributed by atoms with E-state index in [1.165, 1.54) is 19.2 Å². The number of hydrogen-bond donors (Lipinski definition) is 0. The van der Waals surface area contributed by atoms with E-state index in [4.69, 9.17) is 16.9 Å². The summed E-state index contributed by atoms with van der Waals surface area (Å²) in [5.74, 6) is -2.11. The Bertz CT molecular complexity index is 1220. The molecule has 0 radical (unpaired) electrons. The number of ketones is 1. The first-order valence-corrected chi connectivity index (χ1v) is 12.3. The summed E-state index contributed by atoms with van der Waals surface area (Å²) in [4.78, 5) is 43.6. The number of hydrogen-bond acceptors (Lipinski definition) is 5. The summed E-state index contributed by atoms with van der Waals surface area (Å²) in [5, 5.41) is 9.16. The number of fused-ring (bicyclic) bond motifs is 1. The number of Topliss-reactive ketones (excluding diaryl/α,β-unsaturated/α-hetero) is 1. The largest absolute Gasteiger partial charge is 0.373 e. The third-order valence-corrected chi connectivity index (χ3v) is 7.42. The second-order valence-corrected chi connectivity index (χ2v) is 9.98. The molecule has 188 valence electrons. The van der Waals surface area contributed by atoms with Crippen molar-refractivity contribution in [3.8, 4) is 6.07 Å². The predicted octanol–water partition coefficient (Wildman–Crippen LogP) is 3.66. The highest BCUT2D eigenvalue weighted by molar-refractivity contribution is 6.39. The Labute approximate surface area is 215 Å². The van der Waals surface area contributed by atoms with Crippen molar-refractivity contribution in [2.75, 3.05) is 45.2 Å². The molecular weight excluding hydrogens is 483 g/mol. The smallest absolute Gasteiger partial charge is 0.291 e. The number of likely N-dealkylation sites (N-methyl/N-ethyl adjacent to an activating group) is 2. The number of carbonyl (C=O) groups is 3. The lowest BCUT2D eigenvalue weighted by molar-refractivity contribution is -0.144. The number of halogens is 2. The van der Waals surface area contributed by atoms with Crippen LogP contribution in [-0.4, -0.2) is 67.7 Å². The van der Waals surface area contributed by atoms with Crippen LogP contribution in [0.25, 0.3) is 0 Å². The van der Waals surface area contributed by atoms with Crippen LogP contribution in [0.5, 0.6) is 0 Å². The second-order valence-electron chi connectivity index (χ2n) is 9.57. The molecule has 0 aliphatic carbocycles. The van der Waals surface area contributed by atoms with Gasteiger partial charge in [-0.1, -0.05) is 23.7 Å². The maximum atomic E-state index is 13.4. The standard InChI is InChI=1S/C27H28ClFN4O3/c1-31(12-9-30)27(36)25(34)22-16-32(2)24-15-23(28)21(14-20(22)24)26(35)33-10-7-18(8-11-33)13-17-3-5-19(29)6-4-17/h3-6,14-15,18,22H,7-8,10-13,16H2,1-2H3. The zero-order valence-electron chi connectivity index (χ0n) is 20.3. The summed E-state index contributed by atoms with van der Waals surface area (Å²) in [6.07, 6.45) is 2.50. The van der Waals surface area contributed by atoms with Crippen LogP contribution in [0.3, 0.4) is 0 Å². The van der Waals surface area contributed by atoms with Crippen molar-refractivity contribution >= 4 is 34.9 Å². The molecule has 0 N–H and O–H groups in total. The molecule has 0 spiro atoms. The Morgan fingerprint density at radius 1 is 1.17 bits per heavy atom. The quantitative estimate of drug-likeness (QED) is 0.437. The Hall–Kier alpha value is -3.44. The van der Waals surface area contributed by atoms with Crippen LogP contribution in [0.1, 0.15) is 40.2 Å². The van der Waals surface area contributed by atoms with Gasteiger partial charge in [-0.15, -0.1) is 0 Å². The van der Waals surface area contributed by atoms with Crippen LogP contribution >= 0.6 is 11.6 Å². The van der Waals surface area contributed by atoms with E-state index in [0.717, 1.165) is 29.7 Å². The van der Waals surface area contributed by atoms with Gasteiger partial charge in [0.25, 0.3) is 11.8 Å². The third-order valence-electron chi connectivity index (χ3n) is 7.11. The molecule has 2 aromatic carbocycles. The third kappa shape index (κ3) is 5.21. The van der Waals surface area contributed by atoms with E-state index in [2.05, 4.69) is 0 Å². The van der Waals surface area contributed by atoms with Crippen molar-refractivity contribution in [2.45, 2.75) is 25.2 Å². The van der Waals surface area contributed by atoms with E-state index in [9.17, 15) is 18.8 Å². The van der Waals surface area contributed by atoms with Gasteiger partial charge in [-0.25, -0.2) is 4.39 Å². The van der Waals surface area contributed by atoms with Gasteiger partial charge in [0.1, 0.15) is 12.4 Å². The normalized spacial score (nSPS) is 17.5. The summed E-state index contributed by atoms with van der Waals surface area (Å²) in [5.41, 5.74) is 2.71. The van der Waals surface area contributed by atoms with Crippen molar-refractivity contribution in [2.24, 2.45) is 5.92 Å². The van der Waals surface area contributed by atoms with Gasteiger partial charge < -0.3 is 14.7 Å². The molecule has 36 heavy (non-hydrogen) atoms. The molecule has 7 nitrogen and oxygen atoms in total. The fraction of sp³-hybridized carbons (Fsp3) is 0.407. The van der Waals surface area contributed by atoms with Gasteiger partial charge in [0, 0.05) is 39.4 Å². The molecule has 0 aromatic heterocycles. The van der Waals surface area contributed by atoms with E-state index in [1.807, 2.05) is 11.0 Å². The number of carbonyl (C=O) groups excluding carboxylic acids is 3. The minimum Gasteiger partial charge on any atom is -0.373 e. The van der Waals surface area contributed by atoms with Crippen LogP contribution in [0, 0.1) is 23.1 Å². The molecule has 4 rings (SSSR count). The average Bonchev–Trinajstić information content (AvgIpc) is 3.19. The summed E-state index contributed by atoms with van der Waals surface area (Å²) in [7, 11) is 3.22. The molecular formula is C27H28ClFN4O3. The number of amides is 2. The minimum atomic E-state index is -0.732. The number of rotatable bonds is 6. The highest BCUT2D eigenvalue weighted by Crippen LogP contribution is 2.40. The van der Waals surface area contributed by atoms with E-state index in [0.29, 0.717) is 47.4 Å². The SMILES string of the molecule is CN(CC#N)C(=O)C(=O)C1CN(C)c2cc(Cl)c(C(=O)N3CCC(Cc4ccc(F)cc4)CC3)cc21. The fourth-order valence-corrected chi connectivity index (χ4v) is 5.27. The molecule has 1 atom stereocenters. The molecule has 1 unspecified atom stereocenters. The molecule has 2 aromatic rings. The average molecular weight is 511 g/mol. The van der Waals surface area contributed by atoms with Gasteiger partial charge in [-0.3, -0.25) is 14.4 Å². The van der Waals surface area contributed by atoms with Gasteiger partial charge in [0.05, 0.1) is 22.6 Å². The van der Waals surface area contributed by atoms with Crippen LogP contribution in [0.4, 0.5) is 10.1 Å². The highest BCUT2D eigenvalue weighted by Gasteiger charge is 2.38. The molecule has 9 heteroatoms. The van der Waals surface area contributed by atoms with E-state index < -0.39 is 17.6 Å². The molecule has 2 aliphatic heterocycles.